The lowest BCUT2D eigenvalue weighted by molar-refractivity contribution is -0.0607. The summed E-state index contributed by atoms with van der Waals surface area (Å²) in [5.74, 6) is 0. The number of likely N-dealkylation sites (tertiary alicyclic amines) is 1. The fraction of sp³-hybridized carbons (Fsp3) is 1.00. The number of hydrogen-bond acceptors (Lipinski definition) is 3. The molecule has 0 spiro atoms. The number of ether oxygens (including phenoxy) is 1. The van der Waals surface area contributed by atoms with E-state index in [4.69, 9.17) is 4.74 Å². The molecule has 3 heteroatoms. The van der Waals surface area contributed by atoms with Crippen LogP contribution < -0.4 is 5.32 Å². The van der Waals surface area contributed by atoms with E-state index in [9.17, 15) is 0 Å². The van der Waals surface area contributed by atoms with Gasteiger partial charge in [-0.2, -0.15) is 0 Å². The van der Waals surface area contributed by atoms with Crippen LogP contribution in [-0.4, -0.2) is 49.3 Å². The van der Waals surface area contributed by atoms with Crippen LogP contribution in [0.25, 0.3) is 0 Å². The molecule has 1 saturated heterocycles. The first-order valence-electron chi connectivity index (χ1n) is 7.19. The van der Waals surface area contributed by atoms with E-state index in [0.29, 0.717) is 0 Å². The van der Waals surface area contributed by atoms with Crippen molar-refractivity contribution in [1.82, 2.24) is 10.2 Å². The number of hydrogen-bond donors (Lipinski definition) is 1. The minimum atomic E-state index is 0.0918. The third-order valence-electron chi connectivity index (χ3n) is 4.60. The Kier molecular flexibility index (Phi) is 4.45. The third-order valence-corrected chi connectivity index (χ3v) is 4.60. The van der Waals surface area contributed by atoms with Gasteiger partial charge < -0.3 is 10.1 Å². The molecule has 1 aliphatic heterocycles. The first kappa shape index (κ1) is 13.3. The fourth-order valence-electron chi connectivity index (χ4n) is 3.49. The molecule has 1 saturated carbocycles. The maximum atomic E-state index is 5.69. The molecular formula is C14H28N2O. The van der Waals surface area contributed by atoms with Crippen molar-refractivity contribution in [3.63, 3.8) is 0 Å². The van der Waals surface area contributed by atoms with Crippen molar-refractivity contribution in [3.8, 4) is 0 Å². The summed E-state index contributed by atoms with van der Waals surface area (Å²) in [4.78, 5) is 2.67. The van der Waals surface area contributed by atoms with Crippen LogP contribution in [0.1, 0.15) is 46.0 Å². The predicted octanol–water partition coefficient (Wildman–Crippen LogP) is 2.02. The van der Waals surface area contributed by atoms with Gasteiger partial charge in [0.05, 0.1) is 5.60 Å². The maximum Gasteiger partial charge on any atom is 0.0777 e. The van der Waals surface area contributed by atoms with E-state index < -0.39 is 0 Å². The van der Waals surface area contributed by atoms with Crippen LogP contribution in [0.4, 0.5) is 0 Å². The first-order valence-corrected chi connectivity index (χ1v) is 7.19. The second kappa shape index (κ2) is 5.68. The van der Waals surface area contributed by atoms with Crippen LogP contribution in [0.2, 0.25) is 0 Å². The summed E-state index contributed by atoms with van der Waals surface area (Å²) in [6, 6.07) is 1.54. The van der Waals surface area contributed by atoms with Gasteiger partial charge in [0.25, 0.3) is 0 Å². The normalized spacial score (nSPS) is 39.7. The van der Waals surface area contributed by atoms with Crippen LogP contribution in [0.15, 0.2) is 0 Å². The van der Waals surface area contributed by atoms with Gasteiger partial charge in [-0.25, -0.2) is 0 Å². The van der Waals surface area contributed by atoms with Gasteiger partial charge in [-0.3, -0.25) is 4.90 Å². The molecule has 0 aromatic carbocycles. The Bertz CT molecular complexity index is 246. The van der Waals surface area contributed by atoms with Crippen molar-refractivity contribution >= 4 is 0 Å². The molecule has 0 aromatic heterocycles. The molecule has 1 N–H and O–H groups in total. The summed E-state index contributed by atoms with van der Waals surface area (Å²) in [6.07, 6.45) is 6.53. The monoisotopic (exact) mass is 240 g/mol. The molecule has 0 bridgehead atoms. The van der Waals surface area contributed by atoms with Gasteiger partial charge in [0.2, 0.25) is 0 Å². The summed E-state index contributed by atoms with van der Waals surface area (Å²) >= 11 is 0. The zero-order chi connectivity index (χ0) is 12.3. The highest BCUT2D eigenvalue weighted by Crippen LogP contribution is 2.31. The average Bonchev–Trinajstić information content (AvgIpc) is 2.78. The second-order valence-electron chi connectivity index (χ2n) is 5.95. The molecule has 1 aliphatic carbocycles. The molecule has 2 aliphatic rings. The molecule has 2 fully saturated rings. The Balaban J connectivity index is 1.86. The number of nitrogens with zero attached hydrogens (tertiary/aromatic N) is 1. The van der Waals surface area contributed by atoms with E-state index in [1.54, 1.807) is 0 Å². The number of rotatable bonds is 4. The van der Waals surface area contributed by atoms with E-state index in [2.05, 4.69) is 24.1 Å². The minimum absolute atomic E-state index is 0.0918. The van der Waals surface area contributed by atoms with Gasteiger partial charge >= 0.3 is 0 Å². The van der Waals surface area contributed by atoms with Gasteiger partial charge in [-0.1, -0.05) is 6.92 Å². The van der Waals surface area contributed by atoms with Gasteiger partial charge in [-0.15, -0.1) is 0 Å². The van der Waals surface area contributed by atoms with Crippen LogP contribution >= 0.6 is 0 Å². The molecule has 1 heterocycles. The highest BCUT2D eigenvalue weighted by Gasteiger charge is 2.36. The predicted molar refractivity (Wildman–Crippen MR) is 71.3 cm³/mol. The summed E-state index contributed by atoms with van der Waals surface area (Å²) in [5, 5.41) is 3.59. The lowest BCUT2D eigenvalue weighted by Crippen LogP contribution is -2.50. The Morgan fingerprint density at radius 2 is 2.24 bits per heavy atom. The van der Waals surface area contributed by atoms with Crippen LogP contribution in [-0.2, 0) is 4.74 Å². The Labute approximate surface area is 106 Å². The van der Waals surface area contributed by atoms with Crippen LogP contribution in [0.5, 0.6) is 0 Å². The van der Waals surface area contributed by atoms with Crippen LogP contribution in [0, 0.1) is 0 Å². The SMILES string of the molecule is CCNC1CCC(N2CCCC(C)(OC)C2)C1. The second-order valence-corrected chi connectivity index (χ2v) is 5.95. The fourth-order valence-corrected chi connectivity index (χ4v) is 3.49. The smallest absolute Gasteiger partial charge is 0.0777 e. The Morgan fingerprint density at radius 3 is 2.94 bits per heavy atom. The summed E-state index contributed by atoms with van der Waals surface area (Å²) in [5.41, 5.74) is 0.0918. The van der Waals surface area contributed by atoms with Gasteiger partial charge in [0.1, 0.15) is 0 Å². The summed E-state index contributed by atoms with van der Waals surface area (Å²) in [6.45, 7) is 7.95. The van der Waals surface area contributed by atoms with E-state index in [-0.39, 0.29) is 5.60 Å². The van der Waals surface area contributed by atoms with E-state index in [1.165, 1.54) is 38.6 Å². The largest absolute Gasteiger partial charge is 0.377 e. The highest BCUT2D eigenvalue weighted by molar-refractivity contribution is 4.92. The standard InChI is InChI=1S/C14H28N2O/c1-4-15-12-6-7-13(10-12)16-9-5-8-14(2,11-16)17-3/h12-13,15H,4-11H2,1-3H3. The zero-order valence-electron chi connectivity index (χ0n) is 11.7. The number of piperidine rings is 1. The lowest BCUT2D eigenvalue weighted by atomic mass is 9.93. The van der Waals surface area contributed by atoms with E-state index in [1.807, 2.05) is 7.11 Å². The average molecular weight is 240 g/mol. The summed E-state index contributed by atoms with van der Waals surface area (Å²) in [7, 11) is 1.86. The Morgan fingerprint density at radius 1 is 1.41 bits per heavy atom. The first-order chi connectivity index (χ1) is 8.17. The van der Waals surface area contributed by atoms with Crippen molar-refractivity contribution in [2.75, 3.05) is 26.7 Å². The third kappa shape index (κ3) is 3.21. The maximum absolute atomic E-state index is 5.69. The molecular weight excluding hydrogens is 212 g/mol. The molecule has 2 rings (SSSR count). The molecule has 0 amide bonds. The lowest BCUT2D eigenvalue weighted by Gasteiger charge is -2.42. The van der Waals surface area contributed by atoms with Gasteiger partial charge in [-0.05, 0) is 52.1 Å². The zero-order valence-corrected chi connectivity index (χ0v) is 11.7. The highest BCUT2D eigenvalue weighted by atomic mass is 16.5. The van der Waals surface area contributed by atoms with Crippen molar-refractivity contribution in [2.45, 2.75) is 63.6 Å². The molecule has 3 atom stereocenters. The molecule has 17 heavy (non-hydrogen) atoms. The van der Waals surface area contributed by atoms with E-state index in [0.717, 1.165) is 25.2 Å². The molecule has 3 nitrogen and oxygen atoms in total. The topological polar surface area (TPSA) is 24.5 Å². The quantitative estimate of drug-likeness (QED) is 0.813. The van der Waals surface area contributed by atoms with Crippen LogP contribution in [0.3, 0.4) is 0 Å². The summed E-state index contributed by atoms with van der Waals surface area (Å²) < 4.78 is 5.69. The van der Waals surface area contributed by atoms with Gasteiger partial charge in [0.15, 0.2) is 0 Å². The van der Waals surface area contributed by atoms with Crippen molar-refractivity contribution in [2.24, 2.45) is 0 Å². The minimum Gasteiger partial charge on any atom is -0.377 e. The van der Waals surface area contributed by atoms with Crippen molar-refractivity contribution < 1.29 is 4.74 Å². The molecule has 0 aromatic rings. The van der Waals surface area contributed by atoms with Crippen molar-refractivity contribution in [3.05, 3.63) is 0 Å². The number of nitrogens with one attached hydrogen (secondary N) is 1. The van der Waals surface area contributed by atoms with Gasteiger partial charge in [0, 0.05) is 25.7 Å². The number of methoxy groups -OCH3 is 1. The van der Waals surface area contributed by atoms with E-state index >= 15 is 0 Å². The van der Waals surface area contributed by atoms with Crippen molar-refractivity contribution in [1.29, 1.82) is 0 Å². The Hall–Kier alpha value is -0.120. The molecule has 3 unspecified atom stereocenters. The molecule has 100 valence electrons. The molecule has 0 radical (unpaired) electrons.